The summed E-state index contributed by atoms with van der Waals surface area (Å²) in [5.41, 5.74) is 0.857. The Morgan fingerprint density at radius 3 is 2.72 bits per heavy atom. The molecule has 2 aromatic rings. The Morgan fingerprint density at radius 2 is 2.00 bits per heavy atom. The van der Waals surface area contributed by atoms with Crippen LogP contribution in [0.4, 0.5) is 0 Å². The van der Waals surface area contributed by atoms with Crippen molar-refractivity contribution < 1.29 is 14.0 Å². The fourth-order valence-electron chi connectivity index (χ4n) is 3.95. The second kappa shape index (κ2) is 9.17. The number of carbonyl (C=O) groups is 2. The molecule has 2 atom stereocenters. The van der Waals surface area contributed by atoms with Crippen molar-refractivity contribution in [3.8, 4) is 0 Å². The van der Waals surface area contributed by atoms with Crippen molar-refractivity contribution >= 4 is 11.8 Å². The monoisotopic (exact) mass is 397 g/mol. The number of nitrogens with zero attached hydrogens (tertiary/aromatic N) is 3. The highest BCUT2D eigenvalue weighted by Crippen LogP contribution is 2.35. The van der Waals surface area contributed by atoms with E-state index < -0.39 is 0 Å². The molecule has 154 valence electrons. The first kappa shape index (κ1) is 19.6. The van der Waals surface area contributed by atoms with E-state index in [1.54, 1.807) is 6.20 Å². The molecular weight excluding hydrogens is 370 g/mol. The summed E-state index contributed by atoms with van der Waals surface area (Å²) in [5.74, 6) is 0.750. The molecule has 2 fully saturated rings. The van der Waals surface area contributed by atoms with Gasteiger partial charge in [-0.25, -0.2) is 4.98 Å². The lowest BCUT2D eigenvalue weighted by molar-refractivity contribution is -0.122. The number of nitrogens with one attached hydrogen (secondary N) is 2. The smallest absolute Gasteiger partial charge is 0.288 e. The number of rotatable bonds is 9. The van der Waals surface area contributed by atoms with E-state index in [2.05, 4.69) is 25.5 Å². The predicted octanol–water partition coefficient (Wildman–Crippen LogP) is 1.75. The molecule has 3 heterocycles. The number of hydrogen-bond donors (Lipinski definition) is 2. The Hall–Kier alpha value is -2.74. The largest absolute Gasteiger partial charge is 0.438 e. The Kier molecular flexibility index (Phi) is 6.19. The second-order valence-electron chi connectivity index (χ2n) is 7.90. The average Bonchev–Trinajstić information content (AvgIpc) is 3.23. The van der Waals surface area contributed by atoms with Crippen LogP contribution in [-0.2, 0) is 11.3 Å². The fraction of sp³-hybridized carbons (Fsp3) is 0.524. The lowest BCUT2D eigenvalue weighted by atomic mass is 10.1. The van der Waals surface area contributed by atoms with Crippen LogP contribution in [0.2, 0.25) is 0 Å². The summed E-state index contributed by atoms with van der Waals surface area (Å²) in [6, 6.07) is 6.15. The van der Waals surface area contributed by atoms with Gasteiger partial charge in [0.25, 0.3) is 5.91 Å². The van der Waals surface area contributed by atoms with Crippen LogP contribution in [0.15, 0.2) is 41.4 Å². The second-order valence-corrected chi connectivity index (χ2v) is 7.90. The molecular formula is C21H27N5O3. The lowest BCUT2D eigenvalue weighted by Gasteiger charge is -2.30. The highest BCUT2D eigenvalue weighted by atomic mass is 16.3. The standard InChI is InChI=1S/C21H27N5O3/c27-20(24-10-16-3-1-2-8-23-16)9-17-6-7-18(26(17)13-15-4-5-15)11-25-21(28)19-12-22-14-29-19/h1-3,8,12,14-15,17-18H,4-7,9-11,13H2,(H,24,27)(H,25,28)/t17-,18+/m1/s1. The van der Waals surface area contributed by atoms with Crippen molar-refractivity contribution in [1.29, 1.82) is 0 Å². The molecule has 4 rings (SSSR count). The summed E-state index contributed by atoms with van der Waals surface area (Å²) >= 11 is 0. The zero-order valence-corrected chi connectivity index (χ0v) is 16.4. The molecule has 8 nitrogen and oxygen atoms in total. The maximum Gasteiger partial charge on any atom is 0.288 e. The third-order valence-corrected chi connectivity index (χ3v) is 5.71. The molecule has 0 spiro atoms. The van der Waals surface area contributed by atoms with Gasteiger partial charge in [-0.3, -0.25) is 19.5 Å². The minimum atomic E-state index is -0.245. The van der Waals surface area contributed by atoms with Crippen LogP contribution >= 0.6 is 0 Å². The zero-order valence-electron chi connectivity index (χ0n) is 16.4. The van der Waals surface area contributed by atoms with Crippen LogP contribution in [0.25, 0.3) is 0 Å². The van der Waals surface area contributed by atoms with Gasteiger partial charge >= 0.3 is 0 Å². The zero-order chi connectivity index (χ0) is 20.1. The molecule has 2 N–H and O–H groups in total. The SMILES string of the molecule is O=C(C[C@H]1CC[C@@H](CNC(=O)c2cnco2)N1CC1CC1)NCc1ccccn1. The highest BCUT2D eigenvalue weighted by Gasteiger charge is 2.38. The van der Waals surface area contributed by atoms with Gasteiger partial charge in [-0.15, -0.1) is 0 Å². The maximum absolute atomic E-state index is 12.5. The van der Waals surface area contributed by atoms with E-state index >= 15 is 0 Å². The van der Waals surface area contributed by atoms with Gasteiger partial charge in [0.05, 0.1) is 18.4 Å². The number of oxazole rings is 1. The summed E-state index contributed by atoms with van der Waals surface area (Å²) in [4.78, 5) is 35.1. The summed E-state index contributed by atoms with van der Waals surface area (Å²) < 4.78 is 5.05. The third kappa shape index (κ3) is 5.41. The van der Waals surface area contributed by atoms with Gasteiger partial charge in [0.2, 0.25) is 11.7 Å². The van der Waals surface area contributed by atoms with E-state index in [0.717, 1.165) is 31.0 Å². The first-order valence-electron chi connectivity index (χ1n) is 10.3. The Morgan fingerprint density at radius 1 is 1.14 bits per heavy atom. The first-order valence-corrected chi connectivity index (χ1v) is 10.3. The molecule has 2 aliphatic rings. The van der Waals surface area contributed by atoms with Crippen molar-refractivity contribution in [2.45, 2.75) is 50.7 Å². The van der Waals surface area contributed by atoms with Gasteiger partial charge in [0, 0.05) is 37.8 Å². The van der Waals surface area contributed by atoms with Crippen molar-refractivity contribution in [2.24, 2.45) is 5.92 Å². The van der Waals surface area contributed by atoms with Crippen LogP contribution < -0.4 is 10.6 Å². The van der Waals surface area contributed by atoms with Gasteiger partial charge in [0.1, 0.15) is 0 Å². The van der Waals surface area contributed by atoms with Gasteiger partial charge in [-0.1, -0.05) is 6.07 Å². The summed E-state index contributed by atoms with van der Waals surface area (Å²) in [5, 5.41) is 5.93. The van der Waals surface area contributed by atoms with Crippen LogP contribution in [0.1, 0.15) is 48.4 Å². The minimum absolute atomic E-state index is 0.0489. The van der Waals surface area contributed by atoms with Crippen molar-refractivity contribution in [2.75, 3.05) is 13.1 Å². The van der Waals surface area contributed by atoms with Gasteiger partial charge in [0.15, 0.2) is 6.39 Å². The molecule has 2 amide bonds. The summed E-state index contributed by atoms with van der Waals surface area (Å²) in [7, 11) is 0. The molecule has 0 radical (unpaired) electrons. The van der Waals surface area contributed by atoms with E-state index in [1.807, 2.05) is 18.2 Å². The van der Waals surface area contributed by atoms with E-state index in [4.69, 9.17) is 4.42 Å². The van der Waals surface area contributed by atoms with Gasteiger partial charge in [-0.2, -0.15) is 0 Å². The molecule has 0 aromatic carbocycles. The average molecular weight is 397 g/mol. The quantitative estimate of drug-likeness (QED) is 0.669. The molecule has 1 saturated carbocycles. The number of aromatic nitrogens is 2. The molecule has 1 saturated heterocycles. The fourth-order valence-corrected chi connectivity index (χ4v) is 3.95. The summed E-state index contributed by atoms with van der Waals surface area (Å²) in [6.45, 7) is 2.00. The number of likely N-dealkylation sites (tertiary alicyclic amines) is 1. The number of carbonyl (C=O) groups excluding carboxylic acids is 2. The first-order chi connectivity index (χ1) is 14.2. The summed E-state index contributed by atoms with van der Waals surface area (Å²) in [6.07, 6.45) is 9.33. The predicted molar refractivity (Wildman–Crippen MR) is 106 cm³/mol. The topological polar surface area (TPSA) is 100 Å². The van der Waals surface area contributed by atoms with Crippen molar-refractivity contribution in [3.63, 3.8) is 0 Å². The molecule has 1 aliphatic carbocycles. The normalized spacial score (nSPS) is 21.8. The van der Waals surface area contributed by atoms with Crippen molar-refractivity contribution in [1.82, 2.24) is 25.5 Å². The Labute approximate surface area is 170 Å². The molecule has 0 unspecified atom stereocenters. The van der Waals surface area contributed by atoms with E-state index in [9.17, 15) is 9.59 Å². The number of pyridine rings is 1. The van der Waals surface area contributed by atoms with Crippen LogP contribution in [-0.4, -0.2) is 51.9 Å². The number of hydrogen-bond acceptors (Lipinski definition) is 6. The Bertz CT molecular complexity index is 807. The molecule has 8 heteroatoms. The molecule has 1 aliphatic heterocycles. The van der Waals surface area contributed by atoms with E-state index in [0.29, 0.717) is 19.5 Å². The van der Waals surface area contributed by atoms with E-state index in [-0.39, 0.29) is 29.7 Å². The number of amides is 2. The highest BCUT2D eigenvalue weighted by molar-refractivity contribution is 5.91. The van der Waals surface area contributed by atoms with Gasteiger partial charge < -0.3 is 15.1 Å². The van der Waals surface area contributed by atoms with Crippen LogP contribution in [0.3, 0.4) is 0 Å². The van der Waals surface area contributed by atoms with Gasteiger partial charge in [-0.05, 0) is 43.7 Å². The third-order valence-electron chi connectivity index (χ3n) is 5.71. The Balaban J connectivity index is 1.29. The van der Waals surface area contributed by atoms with Crippen molar-refractivity contribution in [3.05, 3.63) is 48.4 Å². The lowest BCUT2D eigenvalue weighted by Crippen LogP contribution is -2.45. The van der Waals surface area contributed by atoms with Crippen LogP contribution in [0, 0.1) is 5.92 Å². The van der Waals surface area contributed by atoms with Crippen LogP contribution in [0.5, 0.6) is 0 Å². The molecule has 2 aromatic heterocycles. The molecule has 0 bridgehead atoms. The molecule has 29 heavy (non-hydrogen) atoms. The maximum atomic E-state index is 12.5. The minimum Gasteiger partial charge on any atom is -0.438 e. The van der Waals surface area contributed by atoms with E-state index in [1.165, 1.54) is 25.4 Å².